The number of methoxy groups -OCH3 is 1. The maximum Gasteiger partial charge on any atom is 0.306 e. The zero-order valence-electron chi connectivity index (χ0n) is 16.9. The maximum absolute atomic E-state index is 11.5. The summed E-state index contributed by atoms with van der Waals surface area (Å²) in [6.45, 7) is 2.85. The quantitative estimate of drug-likeness (QED) is 0.529. The topological polar surface area (TPSA) is 60.5 Å². The fourth-order valence-electron chi connectivity index (χ4n) is 3.02. The molecule has 0 aliphatic carbocycles. The first-order chi connectivity index (χ1) is 14.2. The molecule has 0 atom stereocenters. The number of carbonyl (C=O) groups is 1. The molecular formula is C24H26N2O3. The van der Waals surface area contributed by atoms with Crippen molar-refractivity contribution in [1.82, 2.24) is 4.98 Å². The van der Waals surface area contributed by atoms with Crippen LogP contribution in [0.4, 0.5) is 5.69 Å². The second-order valence-electron chi connectivity index (χ2n) is 6.59. The van der Waals surface area contributed by atoms with Crippen LogP contribution >= 0.6 is 0 Å². The Morgan fingerprint density at radius 1 is 1.00 bits per heavy atom. The number of nitrogens with one attached hydrogen (secondary N) is 1. The Kier molecular flexibility index (Phi) is 7.22. The summed E-state index contributed by atoms with van der Waals surface area (Å²) in [7, 11) is 1.64. The molecule has 0 spiro atoms. The van der Waals surface area contributed by atoms with E-state index in [0.717, 1.165) is 28.1 Å². The van der Waals surface area contributed by atoms with Gasteiger partial charge in [0.2, 0.25) is 5.88 Å². The van der Waals surface area contributed by atoms with Gasteiger partial charge in [-0.2, -0.15) is 0 Å². The zero-order chi connectivity index (χ0) is 20.5. The number of pyridine rings is 1. The van der Waals surface area contributed by atoms with Gasteiger partial charge in [0.25, 0.3) is 0 Å². The van der Waals surface area contributed by atoms with Crippen LogP contribution in [-0.4, -0.2) is 24.7 Å². The first-order valence-corrected chi connectivity index (χ1v) is 9.77. The molecule has 3 rings (SSSR count). The maximum atomic E-state index is 11.5. The standard InChI is InChI=1S/C24H26N2O3/c1-3-29-23(27)16-11-18-9-13-21(14-10-18)25-17-20-12-15-22(26-24(20)28-2)19-7-5-4-6-8-19/h4-10,12-15,25H,3,11,16-17H2,1-2H3. The molecular weight excluding hydrogens is 364 g/mol. The molecule has 0 amide bonds. The highest BCUT2D eigenvalue weighted by Gasteiger charge is 2.08. The van der Waals surface area contributed by atoms with Crippen molar-refractivity contribution in [2.24, 2.45) is 0 Å². The molecule has 0 radical (unpaired) electrons. The van der Waals surface area contributed by atoms with Crippen LogP contribution in [0.5, 0.6) is 5.88 Å². The van der Waals surface area contributed by atoms with Gasteiger partial charge in [0.1, 0.15) is 0 Å². The van der Waals surface area contributed by atoms with E-state index in [4.69, 9.17) is 9.47 Å². The van der Waals surface area contributed by atoms with Crippen LogP contribution in [-0.2, 0) is 22.5 Å². The summed E-state index contributed by atoms with van der Waals surface area (Å²) in [5.74, 6) is 0.457. The number of esters is 1. The Morgan fingerprint density at radius 3 is 2.45 bits per heavy atom. The number of nitrogens with zero attached hydrogens (tertiary/aromatic N) is 1. The summed E-state index contributed by atoms with van der Waals surface area (Å²) in [5.41, 5.74) is 5.04. The van der Waals surface area contributed by atoms with Crippen LogP contribution in [0.3, 0.4) is 0 Å². The third-order valence-corrected chi connectivity index (χ3v) is 4.56. The van der Waals surface area contributed by atoms with Gasteiger partial charge < -0.3 is 14.8 Å². The van der Waals surface area contributed by atoms with Crippen molar-refractivity contribution >= 4 is 11.7 Å². The molecule has 1 heterocycles. The molecule has 2 aromatic carbocycles. The van der Waals surface area contributed by atoms with Crippen molar-refractivity contribution in [1.29, 1.82) is 0 Å². The van der Waals surface area contributed by atoms with Gasteiger partial charge in [-0.3, -0.25) is 4.79 Å². The third kappa shape index (κ3) is 5.82. The predicted octanol–water partition coefficient (Wildman–Crippen LogP) is 4.87. The lowest BCUT2D eigenvalue weighted by atomic mass is 10.1. The molecule has 0 saturated carbocycles. The van der Waals surface area contributed by atoms with Crippen molar-refractivity contribution in [3.05, 3.63) is 77.9 Å². The first-order valence-electron chi connectivity index (χ1n) is 9.77. The number of hydrogen-bond acceptors (Lipinski definition) is 5. The molecule has 150 valence electrons. The highest BCUT2D eigenvalue weighted by molar-refractivity contribution is 5.69. The molecule has 0 saturated heterocycles. The average Bonchev–Trinajstić information content (AvgIpc) is 2.77. The Labute approximate surface area is 171 Å². The molecule has 3 aromatic rings. The largest absolute Gasteiger partial charge is 0.481 e. The smallest absolute Gasteiger partial charge is 0.306 e. The lowest BCUT2D eigenvalue weighted by molar-refractivity contribution is -0.143. The summed E-state index contributed by atoms with van der Waals surface area (Å²) in [5, 5.41) is 3.40. The Morgan fingerprint density at radius 2 is 1.76 bits per heavy atom. The van der Waals surface area contributed by atoms with Gasteiger partial charge >= 0.3 is 5.97 Å². The van der Waals surface area contributed by atoms with Crippen molar-refractivity contribution < 1.29 is 14.3 Å². The number of benzene rings is 2. The molecule has 0 aliphatic rings. The van der Waals surface area contributed by atoms with Crippen LogP contribution in [0.2, 0.25) is 0 Å². The fourth-order valence-corrected chi connectivity index (χ4v) is 3.02. The van der Waals surface area contributed by atoms with E-state index < -0.39 is 0 Å². The Balaban J connectivity index is 1.60. The molecule has 1 aromatic heterocycles. The first kappa shape index (κ1) is 20.4. The monoisotopic (exact) mass is 390 g/mol. The predicted molar refractivity (Wildman–Crippen MR) is 115 cm³/mol. The minimum atomic E-state index is -0.159. The molecule has 5 heteroatoms. The van der Waals surface area contributed by atoms with E-state index in [1.165, 1.54) is 0 Å². The lowest BCUT2D eigenvalue weighted by Gasteiger charge is -2.12. The normalized spacial score (nSPS) is 10.4. The summed E-state index contributed by atoms with van der Waals surface area (Å²) >= 11 is 0. The van der Waals surface area contributed by atoms with Gasteiger partial charge in [-0.25, -0.2) is 4.98 Å². The van der Waals surface area contributed by atoms with Crippen LogP contribution < -0.4 is 10.1 Å². The second kappa shape index (κ2) is 10.3. The van der Waals surface area contributed by atoms with E-state index in [1.807, 2.05) is 73.7 Å². The molecule has 29 heavy (non-hydrogen) atoms. The molecule has 1 N–H and O–H groups in total. The fraction of sp³-hybridized carbons (Fsp3) is 0.250. The summed E-state index contributed by atoms with van der Waals surface area (Å²) in [4.78, 5) is 16.1. The molecule has 0 unspecified atom stereocenters. The molecule has 0 fully saturated rings. The van der Waals surface area contributed by atoms with Crippen LogP contribution in [0.1, 0.15) is 24.5 Å². The van der Waals surface area contributed by atoms with Gasteiger partial charge in [-0.1, -0.05) is 42.5 Å². The SMILES string of the molecule is CCOC(=O)CCc1ccc(NCc2ccc(-c3ccccc3)nc2OC)cc1. The van der Waals surface area contributed by atoms with Gasteiger partial charge in [0.05, 0.1) is 19.4 Å². The number of anilines is 1. The number of hydrogen-bond donors (Lipinski definition) is 1. The number of aromatic nitrogens is 1. The van der Waals surface area contributed by atoms with E-state index in [2.05, 4.69) is 10.3 Å². The van der Waals surface area contributed by atoms with Crippen molar-refractivity contribution in [3.8, 4) is 17.1 Å². The number of rotatable bonds is 9. The summed E-state index contributed by atoms with van der Waals surface area (Å²) < 4.78 is 10.5. The number of carbonyl (C=O) groups excluding carboxylic acids is 1. The third-order valence-electron chi connectivity index (χ3n) is 4.56. The molecule has 5 nitrogen and oxygen atoms in total. The molecule has 0 aliphatic heterocycles. The number of aryl methyl sites for hydroxylation is 1. The van der Waals surface area contributed by atoms with E-state index in [1.54, 1.807) is 7.11 Å². The van der Waals surface area contributed by atoms with Gasteiger partial charge in [-0.05, 0) is 43.2 Å². The minimum Gasteiger partial charge on any atom is -0.481 e. The summed E-state index contributed by atoms with van der Waals surface area (Å²) in [6.07, 6.45) is 1.08. The van der Waals surface area contributed by atoms with Crippen molar-refractivity contribution in [2.45, 2.75) is 26.3 Å². The van der Waals surface area contributed by atoms with Crippen LogP contribution in [0.25, 0.3) is 11.3 Å². The van der Waals surface area contributed by atoms with Gasteiger partial charge in [0, 0.05) is 29.8 Å². The number of ether oxygens (including phenoxy) is 2. The average molecular weight is 390 g/mol. The Bertz CT molecular complexity index is 925. The minimum absolute atomic E-state index is 0.159. The van der Waals surface area contributed by atoms with Crippen molar-refractivity contribution in [3.63, 3.8) is 0 Å². The zero-order valence-corrected chi connectivity index (χ0v) is 16.9. The Hall–Kier alpha value is -3.34. The highest BCUT2D eigenvalue weighted by atomic mass is 16.5. The van der Waals surface area contributed by atoms with E-state index in [0.29, 0.717) is 31.9 Å². The van der Waals surface area contributed by atoms with E-state index in [9.17, 15) is 4.79 Å². The highest BCUT2D eigenvalue weighted by Crippen LogP contribution is 2.24. The van der Waals surface area contributed by atoms with Crippen molar-refractivity contribution in [2.75, 3.05) is 19.0 Å². The van der Waals surface area contributed by atoms with E-state index >= 15 is 0 Å². The summed E-state index contributed by atoms with van der Waals surface area (Å²) in [6, 6.07) is 22.2. The van der Waals surface area contributed by atoms with E-state index in [-0.39, 0.29) is 5.97 Å². The van der Waals surface area contributed by atoms with Gasteiger partial charge in [0.15, 0.2) is 0 Å². The second-order valence-corrected chi connectivity index (χ2v) is 6.59. The van der Waals surface area contributed by atoms with Gasteiger partial charge in [-0.15, -0.1) is 0 Å². The van der Waals surface area contributed by atoms with Crippen LogP contribution in [0, 0.1) is 0 Å². The van der Waals surface area contributed by atoms with Crippen LogP contribution in [0.15, 0.2) is 66.7 Å². The lowest BCUT2D eigenvalue weighted by Crippen LogP contribution is -2.05. The molecule has 0 bridgehead atoms.